The number of para-hydroxylation sites is 1. The molecule has 0 radical (unpaired) electrons. The predicted molar refractivity (Wildman–Crippen MR) is 87.2 cm³/mol. The molecular formula is C18H20N2O3. The van der Waals surface area contributed by atoms with Crippen molar-refractivity contribution < 1.29 is 14.3 Å². The van der Waals surface area contributed by atoms with Crippen LogP contribution in [0.2, 0.25) is 0 Å². The van der Waals surface area contributed by atoms with Gasteiger partial charge in [-0.05, 0) is 29.8 Å². The van der Waals surface area contributed by atoms with Gasteiger partial charge in [0, 0.05) is 19.6 Å². The second-order valence-electron chi connectivity index (χ2n) is 5.56. The number of hydrogen-bond acceptors (Lipinski definition) is 4. The summed E-state index contributed by atoms with van der Waals surface area (Å²) < 4.78 is 11.1. The SMILES string of the molecule is NC(=O)[C@H]1CN(Cc2ccc(Oc3ccccc3)cc2)CCO1. The van der Waals surface area contributed by atoms with Crippen LogP contribution in [0.4, 0.5) is 0 Å². The van der Waals surface area contributed by atoms with Crippen LogP contribution in [0.25, 0.3) is 0 Å². The van der Waals surface area contributed by atoms with Gasteiger partial charge in [-0.3, -0.25) is 9.69 Å². The van der Waals surface area contributed by atoms with Crippen LogP contribution in [0.5, 0.6) is 11.5 Å². The van der Waals surface area contributed by atoms with E-state index in [0.717, 1.165) is 30.2 Å². The monoisotopic (exact) mass is 312 g/mol. The number of hydrogen-bond donors (Lipinski definition) is 1. The third-order valence-electron chi connectivity index (χ3n) is 3.78. The highest BCUT2D eigenvalue weighted by molar-refractivity contribution is 5.79. The Hall–Kier alpha value is -2.37. The molecule has 0 unspecified atom stereocenters. The highest BCUT2D eigenvalue weighted by Crippen LogP contribution is 2.21. The molecule has 0 aromatic heterocycles. The van der Waals surface area contributed by atoms with Crippen molar-refractivity contribution in [1.82, 2.24) is 4.90 Å². The minimum absolute atomic E-state index is 0.402. The Morgan fingerprint density at radius 2 is 1.83 bits per heavy atom. The van der Waals surface area contributed by atoms with Crippen molar-refractivity contribution in [3.05, 3.63) is 60.2 Å². The van der Waals surface area contributed by atoms with E-state index >= 15 is 0 Å². The van der Waals surface area contributed by atoms with Crippen LogP contribution in [0, 0.1) is 0 Å². The van der Waals surface area contributed by atoms with Gasteiger partial charge in [-0.1, -0.05) is 30.3 Å². The molecule has 0 saturated carbocycles. The zero-order valence-electron chi connectivity index (χ0n) is 12.9. The molecule has 1 atom stereocenters. The molecule has 2 aromatic carbocycles. The number of amides is 1. The summed E-state index contributed by atoms with van der Waals surface area (Å²) in [6.45, 7) is 2.63. The fourth-order valence-corrected chi connectivity index (χ4v) is 2.56. The van der Waals surface area contributed by atoms with Gasteiger partial charge < -0.3 is 15.2 Å². The highest BCUT2D eigenvalue weighted by Gasteiger charge is 2.24. The Morgan fingerprint density at radius 3 is 2.52 bits per heavy atom. The van der Waals surface area contributed by atoms with Gasteiger partial charge in [0.1, 0.15) is 17.6 Å². The Kier molecular flexibility index (Phi) is 4.90. The van der Waals surface area contributed by atoms with Crippen molar-refractivity contribution in [2.24, 2.45) is 5.73 Å². The number of ether oxygens (including phenoxy) is 2. The van der Waals surface area contributed by atoms with Gasteiger partial charge in [-0.25, -0.2) is 0 Å². The van der Waals surface area contributed by atoms with Crippen LogP contribution in [0.3, 0.4) is 0 Å². The standard InChI is InChI=1S/C18H20N2O3/c19-18(21)17-13-20(10-11-22-17)12-14-6-8-16(9-7-14)23-15-4-2-1-3-5-15/h1-9,17H,10-13H2,(H2,19,21)/t17-/m1/s1. The fourth-order valence-electron chi connectivity index (χ4n) is 2.56. The van der Waals surface area contributed by atoms with Crippen molar-refractivity contribution in [2.75, 3.05) is 19.7 Å². The number of carbonyl (C=O) groups is 1. The van der Waals surface area contributed by atoms with Gasteiger partial charge in [-0.2, -0.15) is 0 Å². The largest absolute Gasteiger partial charge is 0.457 e. The smallest absolute Gasteiger partial charge is 0.247 e. The summed E-state index contributed by atoms with van der Waals surface area (Å²) in [6.07, 6.45) is -0.510. The number of nitrogens with two attached hydrogens (primary N) is 1. The van der Waals surface area contributed by atoms with E-state index in [4.69, 9.17) is 15.2 Å². The molecule has 3 rings (SSSR count). The molecule has 1 heterocycles. The lowest BCUT2D eigenvalue weighted by atomic mass is 10.1. The van der Waals surface area contributed by atoms with Crippen molar-refractivity contribution in [1.29, 1.82) is 0 Å². The van der Waals surface area contributed by atoms with E-state index in [1.165, 1.54) is 0 Å². The van der Waals surface area contributed by atoms with E-state index in [1.807, 2.05) is 54.6 Å². The molecule has 1 saturated heterocycles. The molecular weight excluding hydrogens is 292 g/mol. The van der Waals surface area contributed by atoms with Crippen LogP contribution < -0.4 is 10.5 Å². The van der Waals surface area contributed by atoms with E-state index in [1.54, 1.807) is 0 Å². The molecule has 120 valence electrons. The maximum atomic E-state index is 11.2. The molecule has 1 fully saturated rings. The minimum Gasteiger partial charge on any atom is -0.457 e. The first-order valence-electron chi connectivity index (χ1n) is 7.66. The third-order valence-corrected chi connectivity index (χ3v) is 3.78. The van der Waals surface area contributed by atoms with E-state index < -0.39 is 12.0 Å². The summed E-state index contributed by atoms with van der Waals surface area (Å²) in [4.78, 5) is 13.4. The number of benzene rings is 2. The van der Waals surface area contributed by atoms with Gasteiger partial charge in [0.2, 0.25) is 5.91 Å². The summed E-state index contributed by atoms with van der Waals surface area (Å²) in [7, 11) is 0. The molecule has 23 heavy (non-hydrogen) atoms. The molecule has 0 aliphatic carbocycles. The van der Waals surface area contributed by atoms with Crippen LogP contribution in [0.1, 0.15) is 5.56 Å². The Morgan fingerprint density at radius 1 is 1.13 bits per heavy atom. The van der Waals surface area contributed by atoms with Crippen LogP contribution in [-0.2, 0) is 16.1 Å². The summed E-state index contributed by atoms with van der Waals surface area (Å²) in [5, 5.41) is 0. The van der Waals surface area contributed by atoms with Gasteiger partial charge >= 0.3 is 0 Å². The Bertz CT molecular complexity index is 643. The van der Waals surface area contributed by atoms with E-state index in [9.17, 15) is 4.79 Å². The molecule has 1 aliphatic heterocycles. The second kappa shape index (κ2) is 7.26. The lowest BCUT2D eigenvalue weighted by molar-refractivity contribution is -0.135. The maximum Gasteiger partial charge on any atom is 0.247 e. The normalized spacial score (nSPS) is 18.5. The maximum absolute atomic E-state index is 11.2. The molecule has 0 spiro atoms. The molecule has 2 N–H and O–H groups in total. The Balaban J connectivity index is 1.58. The summed E-state index contributed by atoms with van der Waals surface area (Å²) in [5.74, 6) is 1.22. The van der Waals surface area contributed by atoms with Crippen LogP contribution in [-0.4, -0.2) is 36.6 Å². The predicted octanol–water partition coefficient (Wildman–Crippen LogP) is 2.17. The summed E-state index contributed by atoms with van der Waals surface area (Å²) in [6, 6.07) is 17.7. The average molecular weight is 312 g/mol. The first-order valence-corrected chi connectivity index (χ1v) is 7.66. The lowest BCUT2D eigenvalue weighted by Gasteiger charge is -2.31. The number of morpholine rings is 1. The number of carbonyl (C=O) groups excluding carboxylic acids is 1. The first-order chi connectivity index (χ1) is 11.2. The van der Waals surface area contributed by atoms with Gasteiger partial charge in [0.15, 0.2) is 0 Å². The van der Waals surface area contributed by atoms with Gasteiger partial charge in [0.05, 0.1) is 6.61 Å². The third kappa shape index (κ3) is 4.31. The van der Waals surface area contributed by atoms with Gasteiger partial charge in [0.25, 0.3) is 0 Å². The first kappa shape index (κ1) is 15.5. The van der Waals surface area contributed by atoms with E-state index in [2.05, 4.69) is 4.90 Å². The second-order valence-corrected chi connectivity index (χ2v) is 5.56. The quantitative estimate of drug-likeness (QED) is 0.919. The number of nitrogens with zero attached hydrogens (tertiary/aromatic N) is 1. The molecule has 5 nitrogen and oxygen atoms in total. The van der Waals surface area contributed by atoms with Crippen molar-refractivity contribution >= 4 is 5.91 Å². The molecule has 1 amide bonds. The molecule has 5 heteroatoms. The Labute approximate surface area is 135 Å². The number of rotatable bonds is 5. The van der Waals surface area contributed by atoms with Crippen LogP contribution in [0.15, 0.2) is 54.6 Å². The lowest BCUT2D eigenvalue weighted by Crippen LogP contribution is -2.47. The topological polar surface area (TPSA) is 64.8 Å². The summed E-state index contributed by atoms with van der Waals surface area (Å²) in [5.41, 5.74) is 6.47. The fraction of sp³-hybridized carbons (Fsp3) is 0.278. The molecule has 2 aromatic rings. The minimum atomic E-state index is -0.510. The van der Waals surface area contributed by atoms with Crippen molar-refractivity contribution in [2.45, 2.75) is 12.6 Å². The zero-order valence-corrected chi connectivity index (χ0v) is 12.9. The number of primary amides is 1. The van der Waals surface area contributed by atoms with Crippen molar-refractivity contribution in [3.63, 3.8) is 0 Å². The summed E-state index contributed by atoms with van der Waals surface area (Å²) >= 11 is 0. The van der Waals surface area contributed by atoms with E-state index in [-0.39, 0.29) is 0 Å². The zero-order chi connectivity index (χ0) is 16.1. The van der Waals surface area contributed by atoms with E-state index in [0.29, 0.717) is 13.2 Å². The average Bonchev–Trinajstić information content (AvgIpc) is 2.58. The highest BCUT2D eigenvalue weighted by atomic mass is 16.5. The van der Waals surface area contributed by atoms with Crippen molar-refractivity contribution in [3.8, 4) is 11.5 Å². The van der Waals surface area contributed by atoms with Gasteiger partial charge in [-0.15, -0.1) is 0 Å². The molecule has 1 aliphatic rings. The van der Waals surface area contributed by atoms with Crippen LogP contribution >= 0.6 is 0 Å². The molecule has 0 bridgehead atoms.